The molecule has 4 rings (SSSR count). The monoisotopic (exact) mass is 422 g/mol. The summed E-state index contributed by atoms with van der Waals surface area (Å²) in [6, 6.07) is 9.45. The van der Waals surface area contributed by atoms with Gasteiger partial charge in [0.2, 0.25) is 5.88 Å². The molecule has 162 valence electrons. The molecule has 0 spiro atoms. The fourth-order valence-corrected chi connectivity index (χ4v) is 3.54. The number of carbonyl (C=O) groups excluding carboxylic acids is 1. The molecule has 1 fully saturated rings. The fourth-order valence-electron chi connectivity index (χ4n) is 3.54. The van der Waals surface area contributed by atoms with E-state index in [1.807, 2.05) is 49.3 Å². The molecule has 3 aromatic rings. The molecule has 1 aliphatic heterocycles. The van der Waals surface area contributed by atoms with Crippen molar-refractivity contribution in [2.24, 2.45) is 7.05 Å². The molecule has 31 heavy (non-hydrogen) atoms. The maximum Gasteiger partial charge on any atom is 0.272 e. The van der Waals surface area contributed by atoms with Gasteiger partial charge in [0.25, 0.3) is 5.91 Å². The highest BCUT2D eigenvalue weighted by Crippen LogP contribution is 2.25. The summed E-state index contributed by atoms with van der Waals surface area (Å²) in [5, 5.41) is 4.52. The second-order valence-corrected chi connectivity index (χ2v) is 7.66. The highest BCUT2D eigenvalue weighted by molar-refractivity contribution is 5.94. The Kier molecular flexibility index (Phi) is 5.75. The van der Waals surface area contributed by atoms with Crippen LogP contribution in [0.2, 0.25) is 0 Å². The summed E-state index contributed by atoms with van der Waals surface area (Å²) in [6.07, 6.45) is 3.89. The topological polar surface area (TPSA) is 85.6 Å². The number of amides is 1. The first kappa shape index (κ1) is 20.6. The number of hydrogen-bond donors (Lipinski definition) is 0. The molecule has 0 radical (unpaired) electrons. The van der Waals surface area contributed by atoms with E-state index >= 15 is 0 Å². The average Bonchev–Trinajstić information content (AvgIpc) is 3.40. The smallest absolute Gasteiger partial charge is 0.272 e. The molecule has 1 saturated heterocycles. The van der Waals surface area contributed by atoms with Crippen molar-refractivity contribution in [3.05, 3.63) is 48.4 Å². The minimum atomic E-state index is -0.123. The lowest BCUT2D eigenvalue weighted by atomic mass is 10.1. The van der Waals surface area contributed by atoms with Crippen molar-refractivity contribution in [3.8, 4) is 22.9 Å². The normalized spacial score (nSPS) is 15.7. The predicted molar refractivity (Wildman–Crippen MR) is 116 cm³/mol. The van der Waals surface area contributed by atoms with E-state index in [1.54, 1.807) is 36.1 Å². The van der Waals surface area contributed by atoms with Gasteiger partial charge in [0.15, 0.2) is 5.82 Å². The zero-order valence-corrected chi connectivity index (χ0v) is 18.1. The second kappa shape index (κ2) is 8.63. The van der Waals surface area contributed by atoms with Crippen molar-refractivity contribution in [1.82, 2.24) is 24.6 Å². The highest BCUT2D eigenvalue weighted by atomic mass is 16.5. The lowest BCUT2D eigenvalue weighted by Crippen LogP contribution is -2.32. The molecule has 0 N–H and O–H groups in total. The van der Waals surface area contributed by atoms with Gasteiger partial charge in [0, 0.05) is 39.7 Å². The zero-order chi connectivity index (χ0) is 22.0. The van der Waals surface area contributed by atoms with Crippen LogP contribution in [0.4, 0.5) is 5.82 Å². The van der Waals surface area contributed by atoms with Crippen molar-refractivity contribution in [2.45, 2.75) is 12.5 Å². The molecule has 2 aromatic heterocycles. The van der Waals surface area contributed by atoms with Crippen LogP contribution in [0.25, 0.3) is 11.3 Å². The Morgan fingerprint density at radius 2 is 2.06 bits per heavy atom. The first-order chi connectivity index (χ1) is 14.9. The number of anilines is 1. The summed E-state index contributed by atoms with van der Waals surface area (Å²) >= 11 is 0. The molecular formula is C22H26N6O3. The maximum absolute atomic E-state index is 13.1. The molecule has 1 amide bonds. The van der Waals surface area contributed by atoms with Crippen LogP contribution in [-0.4, -0.2) is 71.0 Å². The predicted octanol–water partition coefficient (Wildman–Crippen LogP) is 2.25. The Bertz CT molecular complexity index is 1080. The Morgan fingerprint density at radius 1 is 1.23 bits per heavy atom. The summed E-state index contributed by atoms with van der Waals surface area (Å²) in [6.45, 7) is 1.11. The van der Waals surface area contributed by atoms with Crippen molar-refractivity contribution in [3.63, 3.8) is 0 Å². The number of ether oxygens (including phenoxy) is 2. The van der Waals surface area contributed by atoms with Gasteiger partial charge in [0.05, 0.1) is 31.7 Å². The van der Waals surface area contributed by atoms with Gasteiger partial charge in [0.1, 0.15) is 17.5 Å². The quantitative estimate of drug-likeness (QED) is 0.602. The van der Waals surface area contributed by atoms with Crippen LogP contribution in [0.15, 0.2) is 42.7 Å². The highest BCUT2D eigenvalue weighted by Gasteiger charge is 2.30. The number of benzene rings is 1. The van der Waals surface area contributed by atoms with Crippen molar-refractivity contribution < 1.29 is 14.3 Å². The van der Waals surface area contributed by atoms with Crippen LogP contribution in [0, 0.1) is 0 Å². The second-order valence-electron chi connectivity index (χ2n) is 7.66. The number of nitrogens with zero attached hydrogens (tertiary/aromatic N) is 6. The number of hydrogen-bond acceptors (Lipinski definition) is 7. The van der Waals surface area contributed by atoms with E-state index in [9.17, 15) is 4.79 Å². The third-order valence-corrected chi connectivity index (χ3v) is 5.24. The first-order valence-electron chi connectivity index (χ1n) is 10.1. The maximum atomic E-state index is 13.1. The van der Waals surface area contributed by atoms with Gasteiger partial charge in [-0.2, -0.15) is 10.1 Å². The lowest BCUT2D eigenvalue weighted by molar-refractivity contribution is 0.0760. The average molecular weight is 422 g/mol. The van der Waals surface area contributed by atoms with Crippen molar-refractivity contribution in [1.29, 1.82) is 0 Å². The Hall–Kier alpha value is -3.62. The molecule has 1 atom stereocenters. The molecular weight excluding hydrogens is 396 g/mol. The largest absolute Gasteiger partial charge is 0.497 e. The van der Waals surface area contributed by atoms with Gasteiger partial charge >= 0.3 is 0 Å². The van der Waals surface area contributed by atoms with Crippen LogP contribution < -0.4 is 14.4 Å². The summed E-state index contributed by atoms with van der Waals surface area (Å²) in [7, 11) is 7.21. The molecule has 1 aromatic carbocycles. The van der Waals surface area contributed by atoms with Crippen molar-refractivity contribution >= 4 is 11.7 Å². The summed E-state index contributed by atoms with van der Waals surface area (Å²) < 4.78 is 12.9. The third kappa shape index (κ3) is 4.45. The molecule has 0 aliphatic carbocycles. The van der Waals surface area contributed by atoms with Crippen molar-refractivity contribution in [2.75, 3.05) is 39.2 Å². The SMILES string of the molecule is COc1cccc(-c2cc(C(=O)N3CCC(Oc4cncc(N(C)C)n4)C3)n(C)n2)c1. The number of likely N-dealkylation sites (tertiary alicyclic amines) is 1. The number of aryl methyl sites for hydroxylation is 1. The van der Waals surface area contributed by atoms with Gasteiger partial charge in [-0.25, -0.2) is 0 Å². The lowest BCUT2D eigenvalue weighted by Gasteiger charge is -2.17. The third-order valence-electron chi connectivity index (χ3n) is 5.24. The summed E-state index contributed by atoms with van der Waals surface area (Å²) in [5.41, 5.74) is 2.16. The number of methoxy groups -OCH3 is 1. The van der Waals surface area contributed by atoms with E-state index in [2.05, 4.69) is 15.1 Å². The number of rotatable bonds is 6. The molecule has 0 saturated carbocycles. The first-order valence-corrected chi connectivity index (χ1v) is 10.1. The summed E-state index contributed by atoms with van der Waals surface area (Å²) in [5.74, 6) is 1.87. The van der Waals surface area contributed by atoms with E-state index in [0.29, 0.717) is 24.7 Å². The fraction of sp³-hybridized carbons (Fsp3) is 0.364. The standard InChI is InChI=1S/C22H26N6O3/c1-26(2)20-12-23-13-21(24-20)31-17-8-9-28(14-17)22(29)19-11-18(25-27(19)3)15-6-5-7-16(10-15)30-4/h5-7,10-13,17H,8-9,14H2,1-4H3. The number of carbonyl (C=O) groups is 1. The Labute approximate surface area is 181 Å². The molecule has 1 aliphatic rings. The summed E-state index contributed by atoms with van der Waals surface area (Å²) in [4.78, 5) is 25.4. The molecule has 0 bridgehead atoms. The molecule has 3 heterocycles. The molecule has 9 nitrogen and oxygen atoms in total. The van der Waals surface area contributed by atoms with E-state index in [4.69, 9.17) is 9.47 Å². The number of aromatic nitrogens is 4. The molecule has 9 heteroatoms. The Morgan fingerprint density at radius 3 is 2.84 bits per heavy atom. The van der Waals surface area contributed by atoms with Gasteiger partial charge in [-0.3, -0.25) is 14.5 Å². The van der Waals surface area contributed by atoms with Gasteiger partial charge in [-0.1, -0.05) is 12.1 Å². The minimum absolute atomic E-state index is 0.0663. The zero-order valence-electron chi connectivity index (χ0n) is 18.1. The molecule has 1 unspecified atom stereocenters. The van der Waals surface area contributed by atoms with Gasteiger partial charge in [-0.05, 0) is 18.2 Å². The minimum Gasteiger partial charge on any atom is -0.497 e. The van der Waals surface area contributed by atoms with Gasteiger partial charge in [-0.15, -0.1) is 0 Å². The Balaban J connectivity index is 1.45. The van der Waals surface area contributed by atoms with Crippen LogP contribution in [-0.2, 0) is 7.05 Å². The van der Waals surface area contributed by atoms with Crippen LogP contribution in [0.1, 0.15) is 16.9 Å². The van der Waals surface area contributed by atoms with E-state index < -0.39 is 0 Å². The van der Waals surface area contributed by atoms with Crippen LogP contribution in [0.3, 0.4) is 0 Å². The van der Waals surface area contributed by atoms with Crippen LogP contribution in [0.5, 0.6) is 11.6 Å². The van der Waals surface area contributed by atoms with E-state index in [0.717, 1.165) is 29.2 Å². The van der Waals surface area contributed by atoms with Crippen LogP contribution >= 0.6 is 0 Å². The van der Waals surface area contributed by atoms with E-state index in [-0.39, 0.29) is 12.0 Å². The van der Waals surface area contributed by atoms with E-state index in [1.165, 1.54) is 0 Å². The van der Waals surface area contributed by atoms with Gasteiger partial charge < -0.3 is 19.3 Å².